The van der Waals surface area contributed by atoms with Gasteiger partial charge in [0.25, 0.3) is 5.56 Å². The van der Waals surface area contributed by atoms with Crippen molar-refractivity contribution in [3.8, 4) is 5.88 Å². The van der Waals surface area contributed by atoms with E-state index < -0.39 is 5.60 Å². The molecule has 1 saturated carbocycles. The molecule has 1 heterocycles. The summed E-state index contributed by atoms with van der Waals surface area (Å²) >= 11 is 3.35. The van der Waals surface area contributed by atoms with Crippen molar-refractivity contribution < 1.29 is 14.6 Å². The van der Waals surface area contributed by atoms with Crippen LogP contribution in [0, 0.1) is 0 Å². The summed E-state index contributed by atoms with van der Waals surface area (Å²) in [6.07, 6.45) is 1.02. The Hall–Kier alpha value is -1.93. The molecular weight excluding hydrogens is 378 g/mol. The van der Waals surface area contributed by atoms with Crippen LogP contribution >= 0.6 is 15.9 Å². The van der Waals surface area contributed by atoms with Crippen molar-refractivity contribution in [3.63, 3.8) is 0 Å². The summed E-state index contributed by atoms with van der Waals surface area (Å²) in [4.78, 5) is 24.7. The molecule has 0 radical (unpaired) electrons. The summed E-state index contributed by atoms with van der Waals surface area (Å²) in [5, 5.41) is 17.6. The van der Waals surface area contributed by atoms with E-state index in [0.717, 1.165) is 9.15 Å². The number of halogens is 1. The van der Waals surface area contributed by atoms with Gasteiger partial charge in [-0.05, 0) is 38.0 Å². The lowest BCUT2D eigenvalue weighted by molar-refractivity contribution is -0.125. The normalized spacial score (nSPS) is 22.9. The average Bonchev–Trinajstić information content (AvgIpc) is 2.48. The van der Waals surface area contributed by atoms with Crippen LogP contribution in [-0.2, 0) is 11.3 Å². The van der Waals surface area contributed by atoms with Gasteiger partial charge in [-0.1, -0.05) is 15.9 Å². The van der Waals surface area contributed by atoms with Gasteiger partial charge in [-0.15, -0.1) is 5.10 Å². The smallest absolute Gasteiger partial charge is 0.275 e. The van der Waals surface area contributed by atoms with Crippen LogP contribution in [0.25, 0.3) is 10.8 Å². The van der Waals surface area contributed by atoms with Crippen LogP contribution in [0.2, 0.25) is 0 Å². The van der Waals surface area contributed by atoms with Crippen LogP contribution < -0.4 is 15.6 Å². The van der Waals surface area contributed by atoms with Gasteiger partial charge in [0.15, 0.2) is 0 Å². The number of hydrogen-bond donors (Lipinski definition) is 2. The molecule has 0 atom stereocenters. The Morgan fingerprint density at radius 2 is 2.21 bits per heavy atom. The van der Waals surface area contributed by atoms with E-state index in [0.29, 0.717) is 23.6 Å². The molecule has 0 aliphatic heterocycles. The number of methoxy groups -OCH3 is 1. The minimum absolute atomic E-state index is 0.0680. The first-order chi connectivity index (χ1) is 11.3. The highest BCUT2D eigenvalue weighted by atomic mass is 79.9. The fourth-order valence-corrected chi connectivity index (χ4v) is 3.36. The maximum Gasteiger partial charge on any atom is 0.275 e. The fraction of sp³-hybridized carbons (Fsp3) is 0.438. The van der Waals surface area contributed by atoms with Gasteiger partial charge < -0.3 is 15.2 Å². The van der Waals surface area contributed by atoms with Crippen molar-refractivity contribution in [3.05, 3.63) is 33.0 Å². The fourth-order valence-electron chi connectivity index (χ4n) is 3.00. The van der Waals surface area contributed by atoms with Crippen molar-refractivity contribution >= 4 is 32.6 Å². The highest BCUT2D eigenvalue weighted by Crippen LogP contribution is 2.31. The highest BCUT2D eigenvalue weighted by Gasteiger charge is 2.39. The molecule has 24 heavy (non-hydrogen) atoms. The molecule has 1 aliphatic rings. The summed E-state index contributed by atoms with van der Waals surface area (Å²) in [5.74, 6) is -0.0334. The largest absolute Gasteiger partial charge is 0.480 e. The molecule has 0 bridgehead atoms. The third kappa shape index (κ3) is 3.29. The summed E-state index contributed by atoms with van der Waals surface area (Å²) < 4.78 is 7.15. The Morgan fingerprint density at radius 3 is 2.83 bits per heavy atom. The van der Waals surface area contributed by atoms with Crippen LogP contribution in [-0.4, -0.2) is 39.5 Å². The van der Waals surface area contributed by atoms with Crippen LogP contribution in [0.1, 0.15) is 19.8 Å². The standard InChI is InChI=1S/C16H18BrN3O4/c1-16(23)6-10(7-16)18-13(21)8-20-15(22)11-4-3-9(17)5-12(11)14(19-20)24-2/h3-5,10,23H,6-8H2,1-2H3,(H,18,21)/t10-,16-. The number of ether oxygens (including phenoxy) is 1. The number of fused-ring (bicyclic) bond motifs is 1. The molecule has 1 amide bonds. The van der Waals surface area contributed by atoms with E-state index in [4.69, 9.17) is 4.74 Å². The van der Waals surface area contributed by atoms with Gasteiger partial charge in [-0.2, -0.15) is 0 Å². The van der Waals surface area contributed by atoms with E-state index in [-0.39, 0.29) is 29.9 Å². The van der Waals surface area contributed by atoms with Crippen LogP contribution in [0.5, 0.6) is 5.88 Å². The maximum atomic E-state index is 12.5. The Balaban J connectivity index is 1.84. The SMILES string of the molecule is COc1nn(CC(=O)N[C@H]2C[C@](C)(O)C2)c(=O)c2ccc(Br)cc12. The van der Waals surface area contributed by atoms with Gasteiger partial charge in [0.2, 0.25) is 11.8 Å². The third-order valence-electron chi connectivity index (χ3n) is 4.11. The summed E-state index contributed by atoms with van der Waals surface area (Å²) in [6.45, 7) is 1.54. The van der Waals surface area contributed by atoms with Gasteiger partial charge in [0.1, 0.15) is 6.54 Å². The number of amides is 1. The molecule has 1 fully saturated rings. The molecule has 2 N–H and O–H groups in total. The molecule has 8 heteroatoms. The Labute approximate surface area is 146 Å². The van der Waals surface area contributed by atoms with Gasteiger partial charge in [0.05, 0.1) is 23.5 Å². The number of hydrogen-bond acceptors (Lipinski definition) is 5. The quantitative estimate of drug-likeness (QED) is 0.810. The van der Waals surface area contributed by atoms with E-state index in [2.05, 4.69) is 26.3 Å². The number of benzene rings is 1. The molecular formula is C16H18BrN3O4. The van der Waals surface area contributed by atoms with Crippen molar-refractivity contribution in [1.29, 1.82) is 0 Å². The monoisotopic (exact) mass is 395 g/mol. The first-order valence-electron chi connectivity index (χ1n) is 7.55. The third-order valence-corrected chi connectivity index (χ3v) is 4.61. The van der Waals surface area contributed by atoms with Crippen molar-refractivity contribution in [1.82, 2.24) is 15.1 Å². The summed E-state index contributed by atoms with van der Waals surface area (Å²) in [6, 6.07) is 5.11. The van der Waals surface area contributed by atoms with E-state index >= 15 is 0 Å². The minimum Gasteiger partial charge on any atom is -0.480 e. The summed E-state index contributed by atoms with van der Waals surface area (Å²) in [7, 11) is 1.47. The second-order valence-electron chi connectivity index (χ2n) is 6.33. The first kappa shape index (κ1) is 16.9. The van der Waals surface area contributed by atoms with Crippen LogP contribution in [0.4, 0.5) is 0 Å². The summed E-state index contributed by atoms with van der Waals surface area (Å²) in [5.41, 5.74) is -1.07. The van der Waals surface area contributed by atoms with E-state index in [1.54, 1.807) is 25.1 Å². The number of carbonyl (C=O) groups excluding carboxylic acids is 1. The van der Waals surface area contributed by atoms with E-state index in [1.165, 1.54) is 7.11 Å². The molecule has 0 unspecified atom stereocenters. The molecule has 1 aromatic carbocycles. The minimum atomic E-state index is -0.716. The molecule has 3 rings (SSSR count). The van der Waals surface area contributed by atoms with E-state index in [9.17, 15) is 14.7 Å². The van der Waals surface area contributed by atoms with Crippen molar-refractivity contribution in [2.24, 2.45) is 0 Å². The molecule has 2 aromatic rings. The molecule has 128 valence electrons. The lowest BCUT2D eigenvalue weighted by Crippen LogP contribution is -2.54. The molecule has 1 aliphatic carbocycles. The van der Waals surface area contributed by atoms with Crippen molar-refractivity contribution in [2.45, 2.75) is 38.0 Å². The van der Waals surface area contributed by atoms with Gasteiger partial charge in [0, 0.05) is 10.5 Å². The van der Waals surface area contributed by atoms with Gasteiger partial charge >= 0.3 is 0 Å². The zero-order chi connectivity index (χ0) is 17.5. The van der Waals surface area contributed by atoms with Crippen molar-refractivity contribution in [2.75, 3.05) is 7.11 Å². The molecule has 0 spiro atoms. The lowest BCUT2D eigenvalue weighted by Gasteiger charge is -2.41. The van der Waals surface area contributed by atoms with Crippen LogP contribution in [0.3, 0.4) is 0 Å². The molecule has 7 nitrogen and oxygen atoms in total. The zero-order valence-electron chi connectivity index (χ0n) is 13.4. The predicted octanol–water partition coefficient (Wildman–Crippen LogP) is 1.20. The second-order valence-corrected chi connectivity index (χ2v) is 7.25. The van der Waals surface area contributed by atoms with E-state index in [1.807, 2.05) is 0 Å². The number of rotatable bonds is 4. The number of aliphatic hydroxyl groups is 1. The number of nitrogens with one attached hydrogen (secondary N) is 1. The zero-order valence-corrected chi connectivity index (χ0v) is 15.0. The van der Waals surface area contributed by atoms with Crippen LogP contribution in [0.15, 0.2) is 27.5 Å². The topological polar surface area (TPSA) is 93.5 Å². The Bertz CT molecular complexity index is 854. The molecule has 1 aromatic heterocycles. The lowest BCUT2D eigenvalue weighted by atomic mass is 9.77. The van der Waals surface area contributed by atoms with Gasteiger partial charge in [-0.3, -0.25) is 9.59 Å². The highest BCUT2D eigenvalue weighted by molar-refractivity contribution is 9.10. The number of carbonyl (C=O) groups is 1. The maximum absolute atomic E-state index is 12.5. The number of nitrogens with zero attached hydrogens (tertiary/aromatic N) is 2. The molecule has 0 saturated heterocycles. The number of aromatic nitrogens is 2. The Morgan fingerprint density at radius 1 is 1.50 bits per heavy atom. The Kier molecular flexibility index (Phi) is 4.35. The second kappa shape index (κ2) is 6.18. The first-order valence-corrected chi connectivity index (χ1v) is 8.34. The van der Waals surface area contributed by atoms with Gasteiger partial charge in [-0.25, -0.2) is 4.68 Å². The average molecular weight is 396 g/mol. The predicted molar refractivity (Wildman–Crippen MR) is 92.0 cm³/mol.